The van der Waals surface area contributed by atoms with Gasteiger partial charge in [0.05, 0.1) is 17.2 Å². The molecule has 2 N–H and O–H groups in total. The van der Waals surface area contributed by atoms with Gasteiger partial charge in [-0.15, -0.1) is 0 Å². The molecule has 1 heterocycles. The molecule has 3 rings (SSSR count). The molecule has 3 amide bonds. The Hall–Kier alpha value is -3.16. The van der Waals surface area contributed by atoms with E-state index in [0.717, 1.165) is 0 Å². The zero-order valence-corrected chi connectivity index (χ0v) is 23.1. The van der Waals surface area contributed by atoms with Crippen molar-refractivity contribution in [2.24, 2.45) is 0 Å². The van der Waals surface area contributed by atoms with Crippen LogP contribution in [0.3, 0.4) is 0 Å². The molecule has 0 spiro atoms. The molecule has 2 aromatic rings. The molecule has 0 aromatic heterocycles. The number of thioether (sulfide) groups is 1. The van der Waals surface area contributed by atoms with Gasteiger partial charge in [-0.3, -0.25) is 0 Å². The van der Waals surface area contributed by atoms with Crippen LogP contribution in [0.1, 0.15) is 46.7 Å². The summed E-state index contributed by atoms with van der Waals surface area (Å²) in [5.74, 6) is 0.224. The SMILES string of the molecule is CSCCNC(=O)O[C@H]1CCN(C(=O)NCCc2cc(C(F)(F)F)cc(C(F)(F)F)c2)[C@@H](c2ccc(F)cc2C)C1. The monoisotopic (exact) mass is 609 g/mol. The van der Waals surface area contributed by atoms with Gasteiger partial charge in [-0.1, -0.05) is 6.07 Å². The zero-order valence-electron chi connectivity index (χ0n) is 22.3. The molecule has 0 bridgehead atoms. The number of nitrogens with one attached hydrogen (secondary N) is 2. The number of carbonyl (C=O) groups excluding carboxylic acids is 2. The minimum atomic E-state index is -4.97. The van der Waals surface area contributed by atoms with Crippen molar-refractivity contribution in [1.82, 2.24) is 15.5 Å². The molecule has 226 valence electrons. The molecule has 2 aromatic carbocycles. The fourth-order valence-electron chi connectivity index (χ4n) is 4.62. The normalized spacial score (nSPS) is 17.7. The number of alkyl carbamates (subject to hydrolysis) is 1. The second-order valence-corrected chi connectivity index (χ2v) is 10.6. The van der Waals surface area contributed by atoms with Crippen LogP contribution in [-0.4, -0.2) is 54.8 Å². The fraction of sp³-hybridized carbons (Fsp3) is 0.481. The number of halogens is 7. The second kappa shape index (κ2) is 13.7. The Balaban J connectivity index is 1.73. The summed E-state index contributed by atoms with van der Waals surface area (Å²) in [6, 6.07) is 4.13. The van der Waals surface area contributed by atoms with Crippen LogP contribution in [0.2, 0.25) is 0 Å². The Morgan fingerprint density at radius 1 is 1.00 bits per heavy atom. The van der Waals surface area contributed by atoms with Gasteiger partial charge in [-0.2, -0.15) is 38.1 Å². The third-order valence-corrected chi connectivity index (χ3v) is 7.21. The minimum Gasteiger partial charge on any atom is -0.446 e. The van der Waals surface area contributed by atoms with Crippen molar-refractivity contribution < 1.29 is 45.1 Å². The van der Waals surface area contributed by atoms with Gasteiger partial charge in [0.25, 0.3) is 0 Å². The molecule has 41 heavy (non-hydrogen) atoms. The van der Waals surface area contributed by atoms with Gasteiger partial charge in [-0.25, -0.2) is 14.0 Å². The van der Waals surface area contributed by atoms with Crippen LogP contribution in [0.25, 0.3) is 0 Å². The molecule has 0 aliphatic carbocycles. The van der Waals surface area contributed by atoms with Crippen LogP contribution < -0.4 is 10.6 Å². The fourth-order valence-corrected chi connectivity index (χ4v) is 4.92. The molecule has 1 saturated heterocycles. The highest BCUT2D eigenvalue weighted by Crippen LogP contribution is 2.37. The average Bonchev–Trinajstić information content (AvgIpc) is 2.87. The average molecular weight is 610 g/mol. The summed E-state index contributed by atoms with van der Waals surface area (Å²) in [4.78, 5) is 26.8. The van der Waals surface area contributed by atoms with E-state index in [-0.39, 0.29) is 37.6 Å². The van der Waals surface area contributed by atoms with E-state index in [0.29, 0.717) is 42.0 Å². The van der Waals surface area contributed by atoms with Crippen molar-refractivity contribution in [3.8, 4) is 0 Å². The molecule has 1 aliphatic heterocycles. The van der Waals surface area contributed by atoms with Crippen molar-refractivity contribution in [3.63, 3.8) is 0 Å². The Bertz CT molecular complexity index is 1190. The van der Waals surface area contributed by atoms with Crippen molar-refractivity contribution in [2.75, 3.05) is 31.6 Å². The molecular weight excluding hydrogens is 579 g/mol. The van der Waals surface area contributed by atoms with Crippen molar-refractivity contribution in [1.29, 1.82) is 0 Å². The molecule has 1 fully saturated rings. The predicted octanol–water partition coefficient (Wildman–Crippen LogP) is 6.72. The number of alkyl halides is 6. The van der Waals surface area contributed by atoms with Gasteiger partial charge < -0.3 is 20.3 Å². The number of carbonyl (C=O) groups is 2. The van der Waals surface area contributed by atoms with Crippen LogP contribution in [0.5, 0.6) is 0 Å². The number of amides is 3. The lowest BCUT2D eigenvalue weighted by atomic mass is 9.91. The summed E-state index contributed by atoms with van der Waals surface area (Å²) >= 11 is 1.55. The molecule has 2 atom stereocenters. The summed E-state index contributed by atoms with van der Waals surface area (Å²) in [5.41, 5.74) is -1.93. The van der Waals surface area contributed by atoms with Crippen LogP contribution in [0.15, 0.2) is 36.4 Å². The number of piperidine rings is 1. The standard InChI is InChI=1S/C27H30F7N3O3S/c1-16-11-20(28)3-4-22(16)23-15-21(40-25(39)36-8-10-41-2)6-9-37(23)24(38)35-7-5-17-12-18(26(29,30)31)14-19(13-17)27(32,33)34/h3-4,11-14,21,23H,5-10,15H2,1-2H3,(H,35,38)(H,36,39)/t21-,23+/m0/s1. The molecule has 14 heteroatoms. The van der Waals surface area contributed by atoms with E-state index in [1.807, 2.05) is 6.26 Å². The first-order valence-corrected chi connectivity index (χ1v) is 14.1. The lowest BCUT2D eigenvalue weighted by Crippen LogP contribution is -2.49. The van der Waals surface area contributed by atoms with Gasteiger partial charge in [0.1, 0.15) is 11.9 Å². The molecule has 0 unspecified atom stereocenters. The van der Waals surface area contributed by atoms with Crippen LogP contribution >= 0.6 is 11.8 Å². The van der Waals surface area contributed by atoms with E-state index < -0.39 is 53.6 Å². The van der Waals surface area contributed by atoms with Crippen LogP contribution in [0, 0.1) is 12.7 Å². The highest BCUT2D eigenvalue weighted by molar-refractivity contribution is 7.98. The minimum absolute atomic E-state index is 0.0486. The van der Waals surface area contributed by atoms with Crippen LogP contribution in [0.4, 0.5) is 40.3 Å². The van der Waals surface area contributed by atoms with Crippen molar-refractivity contribution >= 4 is 23.9 Å². The second-order valence-electron chi connectivity index (χ2n) is 9.58. The van der Waals surface area contributed by atoms with Gasteiger partial charge in [0.2, 0.25) is 0 Å². The van der Waals surface area contributed by atoms with Crippen LogP contribution in [-0.2, 0) is 23.5 Å². The van der Waals surface area contributed by atoms with Gasteiger partial charge in [-0.05, 0) is 66.6 Å². The lowest BCUT2D eigenvalue weighted by molar-refractivity contribution is -0.143. The van der Waals surface area contributed by atoms with Gasteiger partial charge in [0.15, 0.2) is 0 Å². The van der Waals surface area contributed by atoms with Crippen molar-refractivity contribution in [2.45, 2.75) is 50.7 Å². The third kappa shape index (κ3) is 9.17. The molecule has 6 nitrogen and oxygen atoms in total. The van der Waals surface area contributed by atoms with E-state index in [1.54, 1.807) is 18.7 Å². The Morgan fingerprint density at radius 3 is 2.24 bits per heavy atom. The van der Waals surface area contributed by atoms with Gasteiger partial charge >= 0.3 is 24.5 Å². The summed E-state index contributed by atoms with van der Waals surface area (Å²) in [7, 11) is 0. The number of hydrogen-bond donors (Lipinski definition) is 2. The first-order valence-electron chi connectivity index (χ1n) is 12.7. The highest BCUT2D eigenvalue weighted by atomic mass is 32.2. The Morgan fingerprint density at radius 2 is 1.66 bits per heavy atom. The molecule has 1 aliphatic rings. The van der Waals surface area contributed by atoms with E-state index in [4.69, 9.17) is 4.74 Å². The topological polar surface area (TPSA) is 70.7 Å². The number of urea groups is 1. The number of rotatable bonds is 8. The summed E-state index contributed by atoms with van der Waals surface area (Å²) in [5, 5.41) is 5.21. The quantitative estimate of drug-likeness (QED) is 0.258. The van der Waals surface area contributed by atoms with E-state index in [1.165, 1.54) is 23.1 Å². The molecule has 0 saturated carbocycles. The molecule has 0 radical (unpaired) electrons. The zero-order chi connectivity index (χ0) is 30.4. The first-order chi connectivity index (χ1) is 19.2. The number of benzene rings is 2. The predicted molar refractivity (Wildman–Crippen MR) is 140 cm³/mol. The third-order valence-electron chi connectivity index (χ3n) is 6.59. The highest BCUT2D eigenvalue weighted by Gasteiger charge is 2.37. The smallest absolute Gasteiger partial charge is 0.416 e. The number of likely N-dealkylation sites (tertiary alicyclic amines) is 1. The summed E-state index contributed by atoms with van der Waals surface area (Å²) < 4.78 is 98.4. The Kier molecular flexibility index (Phi) is 10.8. The first kappa shape index (κ1) is 32.4. The summed E-state index contributed by atoms with van der Waals surface area (Å²) in [6.07, 6.45) is -8.99. The number of aryl methyl sites for hydroxylation is 1. The number of nitrogens with zero attached hydrogens (tertiary/aromatic N) is 1. The number of hydrogen-bond acceptors (Lipinski definition) is 4. The van der Waals surface area contributed by atoms with E-state index in [2.05, 4.69) is 10.6 Å². The maximum Gasteiger partial charge on any atom is 0.416 e. The summed E-state index contributed by atoms with van der Waals surface area (Å²) in [6.45, 7) is 1.98. The van der Waals surface area contributed by atoms with Gasteiger partial charge in [0, 0.05) is 38.2 Å². The maximum absolute atomic E-state index is 13.8. The number of ether oxygens (including phenoxy) is 1. The van der Waals surface area contributed by atoms with E-state index in [9.17, 15) is 40.3 Å². The Labute approximate surface area is 237 Å². The molecular formula is C27H30F7N3O3S. The van der Waals surface area contributed by atoms with E-state index >= 15 is 0 Å². The van der Waals surface area contributed by atoms with Crippen molar-refractivity contribution in [3.05, 3.63) is 70.0 Å². The largest absolute Gasteiger partial charge is 0.446 e. The maximum atomic E-state index is 13.8. The lowest BCUT2D eigenvalue weighted by Gasteiger charge is -2.40.